The van der Waals surface area contributed by atoms with E-state index in [1.54, 1.807) is 6.07 Å². The quantitative estimate of drug-likeness (QED) is 0.586. The number of hydrogen-bond acceptors (Lipinski definition) is 5. The number of hydrogen-bond donors (Lipinski definition) is 1. The third kappa shape index (κ3) is 1.91. The number of benzene rings is 1. The van der Waals surface area contributed by atoms with Crippen LogP contribution in [-0.4, -0.2) is 14.8 Å². The summed E-state index contributed by atoms with van der Waals surface area (Å²) >= 11 is 1.48. The lowest BCUT2D eigenvalue weighted by molar-refractivity contribution is -0.393. The maximum atomic E-state index is 11.1. The van der Waals surface area contributed by atoms with Crippen molar-refractivity contribution in [3.05, 3.63) is 55.9 Å². The van der Waals surface area contributed by atoms with E-state index in [0.29, 0.717) is 16.6 Å². The molecule has 0 unspecified atom stereocenters. The van der Waals surface area contributed by atoms with Gasteiger partial charge in [-0.05, 0) is 17.5 Å². The molecule has 3 aromatic rings. The van der Waals surface area contributed by atoms with Crippen molar-refractivity contribution in [1.82, 2.24) is 4.98 Å². The van der Waals surface area contributed by atoms with E-state index in [2.05, 4.69) is 4.98 Å². The first-order valence-electron chi connectivity index (χ1n) is 5.55. The van der Waals surface area contributed by atoms with Crippen molar-refractivity contribution in [2.24, 2.45) is 0 Å². The van der Waals surface area contributed by atoms with Crippen LogP contribution in [0, 0.1) is 20.2 Å². The van der Waals surface area contributed by atoms with Gasteiger partial charge in [0.15, 0.2) is 0 Å². The number of thiophene rings is 1. The summed E-state index contributed by atoms with van der Waals surface area (Å²) in [5.41, 5.74) is 0.518. The molecule has 2 heterocycles. The number of nitro groups is 2. The van der Waals surface area contributed by atoms with Crippen LogP contribution >= 0.6 is 11.3 Å². The molecule has 0 aliphatic heterocycles. The summed E-state index contributed by atoms with van der Waals surface area (Å²) in [4.78, 5) is 24.5. The Labute approximate surface area is 115 Å². The van der Waals surface area contributed by atoms with Gasteiger partial charge in [0, 0.05) is 6.07 Å². The van der Waals surface area contributed by atoms with Gasteiger partial charge in [-0.25, -0.2) is 0 Å². The van der Waals surface area contributed by atoms with Crippen LogP contribution in [0.2, 0.25) is 0 Å². The lowest BCUT2D eigenvalue weighted by Gasteiger charge is -1.95. The van der Waals surface area contributed by atoms with Gasteiger partial charge >= 0.3 is 0 Å². The van der Waals surface area contributed by atoms with Gasteiger partial charge in [0.05, 0.1) is 37.4 Å². The summed E-state index contributed by atoms with van der Waals surface area (Å²) in [5, 5.41) is 24.1. The molecule has 0 spiro atoms. The second-order valence-electron chi connectivity index (χ2n) is 4.10. The van der Waals surface area contributed by atoms with E-state index in [-0.39, 0.29) is 11.4 Å². The van der Waals surface area contributed by atoms with Gasteiger partial charge in [-0.1, -0.05) is 6.07 Å². The number of nitrogens with one attached hydrogen (secondary N) is 1. The van der Waals surface area contributed by atoms with Crippen LogP contribution in [0.15, 0.2) is 35.7 Å². The van der Waals surface area contributed by atoms with E-state index in [0.717, 1.165) is 10.9 Å². The minimum absolute atomic E-state index is 0.270. The summed E-state index contributed by atoms with van der Waals surface area (Å²) in [6.07, 6.45) is 0. The molecule has 0 saturated heterocycles. The van der Waals surface area contributed by atoms with Gasteiger partial charge in [0.2, 0.25) is 0 Å². The Hall–Kier alpha value is -2.74. The molecule has 0 radical (unpaired) electrons. The molecule has 7 nitrogen and oxygen atoms in total. The third-order valence-corrected chi connectivity index (χ3v) is 3.80. The molecule has 0 atom stereocenters. The average Bonchev–Trinajstić information content (AvgIpc) is 3.05. The van der Waals surface area contributed by atoms with Crippen molar-refractivity contribution in [3.8, 4) is 10.6 Å². The molecule has 0 aliphatic carbocycles. The van der Waals surface area contributed by atoms with Crippen LogP contribution in [0.25, 0.3) is 21.5 Å². The molecule has 0 bridgehead atoms. The molecule has 3 rings (SSSR count). The third-order valence-electron chi connectivity index (χ3n) is 2.90. The van der Waals surface area contributed by atoms with Crippen LogP contribution in [-0.2, 0) is 0 Å². The van der Waals surface area contributed by atoms with Crippen LogP contribution < -0.4 is 0 Å². The number of fused-ring (bicyclic) bond motifs is 1. The number of nitrogens with zero attached hydrogens (tertiary/aromatic N) is 2. The molecular weight excluding hydrogens is 282 g/mol. The van der Waals surface area contributed by atoms with Crippen LogP contribution in [0.3, 0.4) is 0 Å². The summed E-state index contributed by atoms with van der Waals surface area (Å²) in [7, 11) is 0. The fourth-order valence-corrected chi connectivity index (χ4v) is 2.72. The minimum Gasteiger partial charge on any atom is -0.353 e. The average molecular weight is 289 g/mol. The highest BCUT2D eigenvalue weighted by atomic mass is 32.1. The van der Waals surface area contributed by atoms with Gasteiger partial charge in [0.25, 0.3) is 11.4 Å². The maximum absolute atomic E-state index is 11.1. The normalized spacial score (nSPS) is 10.8. The Morgan fingerprint density at radius 1 is 1.10 bits per heavy atom. The largest absolute Gasteiger partial charge is 0.353 e. The molecule has 0 aliphatic rings. The van der Waals surface area contributed by atoms with Crippen molar-refractivity contribution < 1.29 is 9.85 Å². The number of aromatic nitrogens is 1. The molecule has 0 saturated carbocycles. The van der Waals surface area contributed by atoms with Crippen LogP contribution in [0.4, 0.5) is 11.4 Å². The number of H-pyrrole nitrogens is 1. The maximum Gasteiger partial charge on any atom is 0.285 e. The second kappa shape index (κ2) is 4.42. The molecular formula is C12H7N3O4S. The lowest BCUT2D eigenvalue weighted by Crippen LogP contribution is -1.93. The van der Waals surface area contributed by atoms with Crippen molar-refractivity contribution in [3.63, 3.8) is 0 Å². The number of aromatic amines is 1. The van der Waals surface area contributed by atoms with Gasteiger partial charge < -0.3 is 4.98 Å². The smallest absolute Gasteiger partial charge is 0.285 e. The fraction of sp³-hybridized carbons (Fsp3) is 0. The molecule has 8 heteroatoms. The summed E-state index contributed by atoms with van der Waals surface area (Å²) in [5.74, 6) is 0. The molecule has 2 aromatic heterocycles. The Morgan fingerprint density at radius 2 is 1.90 bits per heavy atom. The van der Waals surface area contributed by atoms with Crippen molar-refractivity contribution >= 4 is 33.6 Å². The molecule has 0 fully saturated rings. The summed E-state index contributed by atoms with van der Waals surface area (Å²) in [6, 6.07) is 7.66. The van der Waals surface area contributed by atoms with Gasteiger partial charge in [0.1, 0.15) is 0 Å². The Bertz CT molecular complexity index is 823. The highest BCUT2D eigenvalue weighted by molar-refractivity contribution is 7.13. The molecule has 100 valence electrons. The van der Waals surface area contributed by atoms with E-state index in [1.165, 1.54) is 17.4 Å². The zero-order valence-corrected chi connectivity index (χ0v) is 10.7. The Balaban J connectivity index is 2.29. The first-order valence-corrected chi connectivity index (χ1v) is 6.43. The Kier molecular flexibility index (Phi) is 2.72. The van der Waals surface area contributed by atoms with Crippen LogP contribution in [0.1, 0.15) is 0 Å². The number of nitro benzene ring substituents is 2. The van der Waals surface area contributed by atoms with Gasteiger partial charge in [-0.3, -0.25) is 20.2 Å². The van der Waals surface area contributed by atoms with Crippen LogP contribution in [0.5, 0.6) is 0 Å². The van der Waals surface area contributed by atoms with E-state index >= 15 is 0 Å². The highest BCUT2D eigenvalue weighted by Gasteiger charge is 2.21. The van der Waals surface area contributed by atoms with E-state index in [9.17, 15) is 20.2 Å². The van der Waals surface area contributed by atoms with Gasteiger partial charge in [-0.2, -0.15) is 0 Å². The summed E-state index contributed by atoms with van der Waals surface area (Å²) < 4.78 is 0. The monoisotopic (exact) mass is 289 g/mol. The first kappa shape index (κ1) is 12.3. The van der Waals surface area contributed by atoms with E-state index in [1.807, 2.05) is 17.5 Å². The molecule has 1 aromatic carbocycles. The second-order valence-corrected chi connectivity index (χ2v) is 5.05. The fourth-order valence-electron chi connectivity index (χ4n) is 2.02. The topological polar surface area (TPSA) is 102 Å². The van der Waals surface area contributed by atoms with Gasteiger partial charge in [-0.15, -0.1) is 11.3 Å². The predicted molar refractivity (Wildman–Crippen MR) is 74.9 cm³/mol. The standard InChI is InChI=1S/C12H7N3O4S/c16-14(17)7-4-9-8(11(5-7)15(18)19)6-10(13-9)12-2-1-3-20-12/h1-6,13H. The molecule has 20 heavy (non-hydrogen) atoms. The zero-order chi connectivity index (χ0) is 14.3. The van der Waals surface area contributed by atoms with Crippen molar-refractivity contribution in [2.45, 2.75) is 0 Å². The number of non-ortho nitro benzene ring substituents is 2. The zero-order valence-electron chi connectivity index (χ0n) is 9.90. The number of rotatable bonds is 3. The van der Waals surface area contributed by atoms with Crippen molar-refractivity contribution in [2.75, 3.05) is 0 Å². The molecule has 1 N–H and O–H groups in total. The lowest BCUT2D eigenvalue weighted by atomic mass is 10.2. The minimum atomic E-state index is -0.641. The molecule has 0 amide bonds. The highest BCUT2D eigenvalue weighted by Crippen LogP contribution is 2.35. The first-order chi connectivity index (χ1) is 9.56. The van der Waals surface area contributed by atoms with E-state index in [4.69, 9.17) is 0 Å². The summed E-state index contributed by atoms with van der Waals surface area (Å²) in [6.45, 7) is 0. The van der Waals surface area contributed by atoms with Crippen molar-refractivity contribution in [1.29, 1.82) is 0 Å². The Morgan fingerprint density at radius 3 is 2.50 bits per heavy atom. The SMILES string of the molecule is O=[N+]([O-])c1cc([N+](=O)[O-])c2cc(-c3cccs3)[nH]c2c1. The van der Waals surface area contributed by atoms with E-state index < -0.39 is 9.85 Å². The predicted octanol–water partition coefficient (Wildman–Crippen LogP) is 3.71.